The molecule has 0 atom stereocenters. The summed E-state index contributed by atoms with van der Waals surface area (Å²) < 4.78 is 6.87. The number of likely N-dealkylation sites (N-methyl/N-ethyl adjacent to an activating group) is 1. The van der Waals surface area contributed by atoms with Gasteiger partial charge in [-0.05, 0) is 40.3 Å². The highest BCUT2D eigenvalue weighted by Crippen LogP contribution is 2.27. The van der Waals surface area contributed by atoms with Gasteiger partial charge in [0.25, 0.3) is 0 Å². The predicted octanol–water partition coefficient (Wildman–Crippen LogP) is 1.88. The van der Waals surface area contributed by atoms with E-state index in [4.69, 9.17) is 4.74 Å². The van der Waals surface area contributed by atoms with Crippen LogP contribution in [0.15, 0.2) is 54.9 Å². The highest BCUT2D eigenvalue weighted by atomic mass is 16.5. The summed E-state index contributed by atoms with van der Waals surface area (Å²) in [6, 6.07) is 15.0. The summed E-state index contributed by atoms with van der Waals surface area (Å²) in [5, 5.41) is 11.0. The van der Waals surface area contributed by atoms with Crippen LogP contribution in [0.25, 0.3) is 5.69 Å². The number of carbonyl (C=O) groups is 1. The van der Waals surface area contributed by atoms with E-state index in [2.05, 4.69) is 15.5 Å². The van der Waals surface area contributed by atoms with Crippen molar-refractivity contribution in [1.82, 2.24) is 20.2 Å². The standard InChI is InChI=1S/C17H17N5O2/c1-21(15-5-3-4-6-16(15)24-2)17(23)11-13-7-9-14(10-8-13)22-12-18-19-20-22/h3-10,12H,11H2,1-2H3. The Morgan fingerprint density at radius 3 is 2.58 bits per heavy atom. The third kappa shape index (κ3) is 3.24. The highest BCUT2D eigenvalue weighted by Gasteiger charge is 2.15. The maximum absolute atomic E-state index is 12.5. The number of anilines is 1. The number of ether oxygens (including phenoxy) is 1. The summed E-state index contributed by atoms with van der Waals surface area (Å²) in [4.78, 5) is 14.1. The van der Waals surface area contributed by atoms with Crippen LogP contribution in [-0.4, -0.2) is 40.3 Å². The lowest BCUT2D eigenvalue weighted by atomic mass is 10.1. The molecule has 24 heavy (non-hydrogen) atoms. The second-order valence-electron chi connectivity index (χ2n) is 5.22. The maximum Gasteiger partial charge on any atom is 0.231 e. The summed E-state index contributed by atoms with van der Waals surface area (Å²) in [7, 11) is 3.34. The molecule has 1 heterocycles. The van der Waals surface area contributed by atoms with Gasteiger partial charge in [0.15, 0.2) is 0 Å². The van der Waals surface area contributed by atoms with Crippen molar-refractivity contribution in [3.05, 3.63) is 60.4 Å². The Balaban J connectivity index is 1.72. The SMILES string of the molecule is COc1ccccc1N(C)C(=O)Cc1ccc(-n2cnnn2)cc1. The zero-order valence-corrected chi connectivity index (χ0v) is 13.5. The first kappa shape index (κ1) is 15.7. The summed E-state index contributed by atoms with van der Waals surface area (Å²) in [5.41, 5.74) is 2.50. The first-order valence-electron chi connectivity index (χ1n) is 7.41. The maximum atomic E-state index is 12.5. The van der Waals surface area contributed by atoms with E-state index in [-0.39, 0.29) is 5.91 Å². The first-order chi connectivity index (χ1) is 11.7. The van der Waals surface area contributed by atoms with Gasteiger partial charge in [-0.1, -0.05) is 24.3 Å². The topological polar surface area (TPSA) is 73.1 Å². The largest absolute Gasteiger partial charge is 0.495 e. The van der Waals surface area contributed by atoms with Crippen molar-refractivity contribution in [2.45, 2.75) is 6.42 Å². The van der Waals surface area contributed by atoms with Gasteiger partial charge in [0, 0.05) is 7.05 Å². The van der Waals surface area contributed by atoms with E-state index in [1.165, 1.54) is 6.33 Å². The van der Waals surface area contributed by atoms with Crippen molar-refractivity contribution in [1.29, 1.82) is 0 Å². The van der Waals surface area contributed by atoms with Crippen LogP contribution in [0.3, 0.4) is 0 Å². The van der Waals surface area contributed by atoms with E-state index < -0.39 is 0 Å². The monoisotopic (exact) mass is 323 g/mol. The van der Waals surface area contributed by atoms with Crippen molar-refractivity contribution in [2.75, 3.05) is 19.1 Å². The van der Waals surface area contributed by atoms with Crippen LogP contribution in [0.2, 0.25) is 0 Å². The van der Waals surface area contributed by atoms with Gasteiger partial charge >= 0.3 is 0 Å². The molecule has 0 saturated carbocycles. The number of rotatable bonds is 5. The fourth-order valence-electron chi connectivity index (χ4n) is 2.38. The summed E-state index contributed by atoms with van der Waals surface area (Å²) in [5.74, 6) is 0.650. The molecule has 0 spiro atoms. The average molecular weight is 323 g/mol. The average Bonchev–Trinajstić information content (AvgIpc) is 3.16. The van der Waals surface area contributed by atoms with E-state index in [1.54, 1.807) is 23.7 Å². The molecule has 3 aromatic rings. The minimum atomic E-state index is -0.0188. The van der Waals surface area contributed by atoms with Crippen molar-refractivity contribution in [3.8, 4) is 11.4 Å². The summed E-state index contributed by atoms with van der Waals surface area (Å²) >= 11 is 0. The van der Waals surface area contributed by atoms with Gasteiger partial charge in [-0.2, -0.15) is 0 Å². The molecule has 1 aromatic heterocycles. The molecule has 7 nitrogen and oxygen atoms in total. The molecule has 0 fully saturated rings. The molecule has 1 amide bonds. The van der Waals surface area contributed by atoms with Gasteiger partial charge in [-0.25, -0.2) is 4.68 Å². The van der Waals surface area contributed by atoms with Crippen LogP contribution in [0, 0.1) is 0 Å². The molecular weight excluding hydrogens is 306 g/mol. The minimum absolute atomic E-state index is 0.0188. The molecule has 3 rings (SSSR count). The molecule has 0 aliphatic heterocycles. The smallest absolute Gasteiger partial charge is 0.231 e. The molecule has 0 radical (unpaired) electrons. The zero-order valence-electron chi connectivity index (χ0n) is 13.5. The molecule has 122 valence electrons. The number of benzene rings is 2. The van der Waals surface area contributed by atoms with Gasteiger partial charge in [0.05, 0.1) is 24.9 Å². The van der Waals surface area contributed by atoms with Crippen LogP contribution in [0.5, 0.6) is 5.75 Å². The fraction of sp³-hybridized carbons (Fsp3) is 0.176. The van der Waals surface area contributed by atoms with Crippen molar-refractivity contribution in [2.24, 2.45) is 0 Å². The van der Waals surface area contributed by atoms with E-state index in [9.17, 15) is 4.79 Å². The molecule has 0 unspecified atom stereocenters. The second-order valence-corrected chi connectivity index (χ2v) is 5.22. The number of methoxy groups -OCH3 is 1. The van der Waals surface area contributed by atoms with E-state index >= 15 is 0 Å². The molecule has 7 heteroatoms. The Labute approximate surface area is 139 Å². The van der Waals surface area contributed by atoms with Gasteiger partial charge in [0.2, 0.25) is 5.91 Å². The fourth-order valence-corrected chi connectivity index (χ4v) is 2.38. The van der Waals surface area contributed by atoms with Crippen molar-refractivity contribution in [3.63, 3.8) is 0 Å². The Morgan fingerprint density at radius 2 is 1.92 bits per heavy atom. The number of amides is 1. The molecule has 0 aliphatic carbocycles. The Morgan fingerprint density at radius 1 is 1.17 bits per heavy atom. The minimum Gasteiger partial charge on any atom is -0.495 e. The Hall–Kier alpha value is -3.22. The lowest BCUT2D eigenvalue weighted by Crippen LogP contribution is -2.28. The lowest BCUT2D eigenvalue weighted by Gasteiger charge is -2.20. The molecule has 0 N–H and O–H groups in total. The summed E-state index contributed by atoms with van der Waals surface area (Å²) in [6.45, 7) is 0. The number of tetrazole rings is 1. The van der Waals surface area contributed by atoms with Crippen LogP contribution < -0.4 is 9.64 Å². The quantitative estimate of drug-likeness (QED) is 0.717. The third-order valence-corrected chi connectivity index (χ3v) is 3.73. The number of para-hydroxylation sites is 2. The Bertz CT molecular complexity index is 815. The number of carbonyl (C=O) groups excluding carboxylic acids is 1. The van der Waals surface area contributed by atoms with Gasteiger partial charge < -0.3 is 9.64 Å². The third-order valence-electron chi connectivity index (χ3n) is 3.73. The van der Waals surface area contributed by atoms with E-state index in [0.717, 1.165) is 16.9 Å². The van der Waals surface area contributed by atoms with Crippen molar-refractivity contribution >= 4 is 11.6 Å². The van der Waals surface area contributed by atoms with Crippen LogP contribution in [-0.2, 0) is 11.2 Å². The van der Waals surface area contributed by atoms with Gasteiger partial charge in [-0.15, -0.1) is 5.10 Å². The molecule has 0 bridgehead atoms. The van der Waals surface area contributed by atoms with Crippen LogP contribution >= 0.6 is 0 Å². The van der Waals surface area contributed by atoms with Gasteiger partial charge in [0.1, 0.15) is 12.1 Å². The molecule has 0 aliphatic rings. The van der Waals surface area contributed by atoms with E-state index in [0.29, 0.717) is 12.2 Å². The first-order valence-corrected chi connectivity index (χ1v) is 7.41. The molecular formula is C17H17N5O2. The van der Waals surface area contributed by atoms with Crippen LogP contribution in [0.1, 0.15) is 5.56 Å². The predicted molar refractivity (Wildman–Crippen MR) is 89.3 cm³/mol. The van der Waals surface area contributed by atoms with Crippen LogP contribution in [0.4, 0.5) is 5.69 Å². The zero-order chi connectivity index (χ0) is 16.9. The second kappa shape index (κ2) is 6.91. The molecule has 2 aromatic carbocycles. The number of hydrogen-bond donors (Lipinski definition) is 0. The normalized spacial score (nSPS) is 10.4. The number of hydrogen-bond acceptors (Lipinski definition) is 5. The van der Waals surface area contributed by atoms with Gasteiger partial charge in [-0.3, -0.25) is 4.79 Å². The summed E-state index contributed by atoms with van der Waals surface area (Å²) in [6.07, 6.45) is 1.82. The van der Waals surface area contributed by atoms with Crippen molar-refractivity contribution < 1.29 is 9.53 Å². The van der Waals surface area contributed by atoms with E-state index in [1.807, 2.05) is 48.5 Å². The highest BCUT2D eigenvalue weighted by molar-refractivity contribution is 5.95. The number of nitrogens with zero attached hydrogens (tertiary/aromatic N) is 5. The molecule has 0 saturated heterocycles. The number of aromatic nitrogens is 4. The Kier molecular flexibility index (Phi) is 4.51. The lowest BCUT2D eigenvalue weighted by molar-refractivity contribution is -0.117.